The number of rotatable bonds is 19. The Hall–Kier alpha value is -8.00. The van der Waals surface area contributed by atoms with Crippen molar-refractivity contribution < 1.29 is 67.4 Å². The number of carbonyl (C=O) groups is 12. The van der Waals surface area contributed by atoms with Gasteiger partial charge in [-0.2, -0.15) is 0 Å². The first-order valence-electron chi connectivity index (χ1n) is 35.8. The number of nitrogens with one attached hydrogen (secondary N) is 4. The SMILES string of the molecule is CCOCCN1CC(=O)N(C)[C@@H](CC(C)C)C(=O)N[C@H](C(=O)N2CCCCC2)CC(=O)N(C)[C@@H](C(C)C)C(=O)N[C@@H](CC(C)C)C(=O)N(C)[C@@H](CC)C(=O)N(C)[C@@H](Cc2ccccc2)C(=O)N[C@@H](CC(C)C)C(=O)N(C)[C@@H](Cc2ccccc2)C(=O)N(C)[C@@H](CC)C(=O)N[C@@H]([C@@H](C)O)C1=O. The van der Waals surface area contributed by atoms with Crippen molar-refractivity contribution in [3.8, 4) is 0 Å². The number of aliphatic hydroxyl groups is 1. The second-order valence-electron chi connectivity index (χ2n) is 28.6. The first-order valence-corrected chi connectivity index (χ1v) is 35.8. The number of hydrogen-bond donors (Lipinski definition) is 5. The first kappa shape index (κ1) is 84.4. The highest BCUT2D eigenvalue weighted by atomic mass is 16.5. The topological polar surface area (TPSA) is 308 Å². The fourth-order valence-corrected chi connectivity index (χ4v) is 13.2. The highest BCUT2D eigenvalue weighted by Gasteiger charge is 2.44. The van der Waals surface area contributed by atoms with Gasteiger partial charge in [0.05, 0.1) is 25.7 Å². The predicted molar refractivity (Wildman–Crippen MR) is 381 cm³/mol. The van der Waals surface area contributed by atoms with Crippen LogP contribution in [0.2, 0.25) is 0 Å². The van der Waals surface area contributed by atoms with Crippen molar-refractivity contribution in [1.29, 1.82) is 0 Å². The van der Waals surface area contributed by atoms with Gasteiger partial charge in [0.15, 0.2) is 0 Å². The zero-order valence-corrected chi connectivity index (χ0v) is 62.8. The van der Waals surface area contributed by atoms with Gasteiger partial charge in [0, 0.05) is 81.4 Å². The lowest BCUT2D eigenvalue weighted by atomic mass is 9.97. The van der Waals surface area contributed by atoms with Gasteiger partial charge >= 0.3 is 0 Å². The van der Waals surface area contributed by atoms with E-state index in [9.17, 15) is 38.7 Å². The lowest BCUT2D eigenvalue weighted by Gasteiger charge is -2.38. The zero-order valence-electron chi connectivity index (χ0n) is 62.8. The maximum absolute atomic E-state index is 15.4. The fraction of sp³-hybridized carbons (Fsp3) is 0.676. The third-order valence-electron chi connectivity index (χ3n) is 19.0. The standard InChI is InChI=1S/C74H118N12O14/c1-19-56-65(90)78-63(50(12)87)74(99)86(37-38-100-21-3)45-62(89)79(13)58(41-48(8)9)66(91)76-55(71(96)85-35-29-24-30-36-85)44-61(88)84(18)64(49(10)11)68(93)77-54(40-47(6)7)69(94)81(15)57(20-2)72(97)82(16)59(42-51-31-25-22-26-32-51)67(92)75-53(39-46(4)5)70(95)83(17)60(73(98)80(56)14)43-52-33-27-23-28-34-52/h22-23,25-28,31-34,46-50,53-60,63-64,87H,19-21,24,29-30,35-45H2,1-18H3,(H,75,92)(H,76,91)(H,77,93)(H,78,90)/t50-,53+,54+,55+,56+,57+,58+,59+,60+,63+,64+/m1/s1. The van der Waals surface area contributed by atoms with E-state index in [-0.39, 0.29) is 82.5 Å². The van der Waals surface area contributed by atoms with Crippen LogP contribution < -0.4 is 21.3 Å². The second kappa shape index (κ2) is 40.4. The molecule has 4 rings (SSSR count). The molecule has 0 aliphatic carbocycles. The summed E-state index contributed by atoms with van der Waals surface area (Å²) in [6.07, 6.45) is 0.227. The van der Waals surface area contributed by atoms with Crippen LogP contribution in [0, 0.1) is 23.7 Å². The number of nitrogens with zero attached hydrogens (tertiary/aromatic N) is 8. The second-order valence-corrected chi connectivity index (χ2v) is 28.6. The van der Waals surface area contributed by atoms with Crippen molar-refractivity contribution in [3.05, 3.63) is 71.8 Å². The molecular weight excluding hydrogens is 1280 g/mol. The van der Waals surface area contributed by atoms with Gasteiger partial charge < -0.3 is 70.3 Å². The molecule has 2 saturated heterocycles. The number of piperidine rings is 1. The summed E-state index contributed by atoms with van der Waals surface area (Å²) in [5.74, 6) is -9.75. The van der Waals surface area contributed by atoms with Crippen LogP contribution in [-0.4, -0.2) is 263 Å². The van der Waals surface area contributed by atoms with E-state index < -0.39 is 156 Å². The lowest BCUT2D eigenvalue weighted by molar-refractivity contribution is -0.151. The monoisotopic (exact) mass is 1400 g/mol. The number of likely N-dealkylation sites (N-methyl/N-ethyl adjacent to an activating group) is 6. The smallest absolute Gasteiger partial charge is 0.248 e. The molecule has 0 saturated carbocycles. The summed E-state index contributed by atoms with van der Waals surface area (Å²) in [6, 6.07) is 4.53. The van der Waals surface area contributed by atoms with Crippen molar-refractivity contribution >= 4 is 70.9 Å². The zero-order chi connectivity index (χ0) is 75.0. The molecule has 2 aromatic carbocycles. The van der Waals surface area contributed by atoms with Crippen LogP contribution in [0.3, 0.4) is 0 Å². The molecule has 100 heavy (non-hydrogen) atoms. The third-order valence-corrected chi connectivity index (χ3v) is 19.0. The van der Waals surface area contributed by atoms with Gasteiger partial charge in [0.2, 0.25) is 70.9 Å². The number of carbonyl (C=O) groups excluding carboxylic acids is 12. The largest absolute Gasteiger partial charge is 0.391 e. The normalized spacial score (nSPS) is 25.1. The minimum atomic E-state index is -1.71. The van der Waals surface area contributed by atoms with E-state index in [4.69, 9.17) is 4.74 Å². The van der Waals surface area contributed by atoms with Crippen LogP contribution in [0.4, 0.5) is 0 Å². The van der Waals surface area contributed by atoms with Crippen LogP contribution in [0.1, 0.15) is 152 Å². The molecule has 11 atom stereocenters. The molecule has 0 bridgehead atoms. The molecule has 5 N–H and O–H groups in total. The maximum atomic E-state index is 15.4. The minimum Gasteiger partial charge on any atom is -0.391 e. The molecule has 12 amide bonds. The minimum absolute atomic E-state index is 0.0199. The van der Waals surface area contributed by atoms with Crippen LogP contribution in [0.5, 0.6) is 0 Å². The van der Waals surface area contributed by atoms with Crippen LogP contribution in [0.15, 0.2) is 60.7 Å². The summed E-state index contributed by atoms with van der Waals surface area (Å²) in [7, 11) is 8.51. The number of ether oxygens (including phenoxy) is 1. The van der Waals surface area contributed by atoms with E-state index in [2.05, 4.69) is 21.3 Å². The molecule has 26 nitrogen and oxygen atoms in total. The van der Waals surface area contributed by atoms with Crippen molar-refractivity contribution in [1.82, 2.24) is 60.5 Å². The highest BCUT2D eigenvalue weighted by molar-refractivity contribution is 6.00. The van der Waals surface area contributed by atoms with Gasteiger partial charge in [-0.25, -0.2) is 0 Å². The van der Waals surface area contributed by atoms with Gasteiger partial charge in [0.1, 0.15) is 60.4 Å². The molecule has 0 radical (unpaired) electrons. The highest BCUT2D eigenvalue weighted by Crippen LogP contribution is 2.24. The fourth-order valence-electron chi connectivity index (χ4n) is 13.2. The third kappa shape index (κ3) is 23.8. The molecule has 2 fully saturated rings. The summed E-state index contributed by atoms with van der Waals surface area (Å²) >= 11 is 0. The van der Waals surface area contributed by atoms with E-state index in [0.29, 0.717) is 37.1 Å². The Balaban J connectivity index is 1.99. The summed E-state index contributed by atoms with van der Waals surface area (Å²) < 4.78 is 5.65. The van der Waals surface area contributed by atoms with E-state index in [1.54, 1.807) is 100 Å². The quantitative estimate of drug-likeness (QED) is 0.126. The first-order chi connectivity index (χ1) is 47.1. The van der Waals surface area contributed by atoms with E-state index in [1.807, 2.05) is 41.5 Å². The molecule has 558 valence electrons. The number of hydrogen-bond acceptors (Lipinski definition) is 14. The Bertz CT molecular complexity index is 3050. The Morgan fingerprint density at radius 2 is 0.940 bits per heavy atom. The average Bonchev–Trinajstić information content (AvgIpc) is 0.829. The van der Waals surface area contributed by atoms with Gasteiger partial charge in [-0.1, -0.05) is 130 Å². The van der Waals surface area contributed by atoms with Gasteiger partial charge in [-0.3, -0.25) is 57.5 Å². The molecule has 0 spiro atoms. The van der Waals surface area contributed by atoms with E-state index >= 15 is 24.0 Å². The molecule has 0 aromatic heterocycles. The molecule has 2 heterocycles. The molecular formula is C74H118N12O14. The molecule has 2 aliphatic heterocycles. The Kier molecular flexibility index (Phi) is 34.1. The van der Waals surface area contributed by atoms with Crippen LogP contribution in [0.25, 0.3) is 0 Å². The Labute approximate surface area is 593 Å². The summed E-state index contributed by atoms with van der Waals surface area (Å²) in [4.78, 5) is 190. The van der Waals surface area contributed by atoms with Crippen molar-refractivity contribution in [2.75, 3.05) is 81.7 Å². The molecule has 2 aromatic rings. The number of likely N-dealkylation sites (tertiary alicyclic amines) is 1. The van der Waals surface area contributed by atoms with Crippen LogP contribution in [-0.2, 0) is 75.1 Å². The lowest BCUT2D eigenvalue weighted by Crippen LogP contribution is -2.62. The Morgan fingerprint density at radius 1 is 0.490 bits per heavy atom. The van der Waals surface area contributed by atoms with E-state index in [1.165, 1.54) is 73.7 Å². The average molecular weight is 1400 g/mol. The van der Waals surface area contributed by atoms with Crippen molar-refractivity contribution in [3.63, 3.8) is 0 Å². The van der Waals surface area contributed by atoms with E-state index in [0.717, 1.165) is 16.2 Å². The van der Waals surface area contributed by atoms with Gasteiger partial charge in [0.25, 0.3) is 0 Å². The predicted octanol–water partition coefficient (Wildman–Crippen LogP) is 3.65. The molecule has 26 heteroatoms. The Morgan fingerprint density at radius 3 is 1.42 bits per heavy atom. The number of aliphatic hydroxyl groups excluding tert-OH is 1. The van der Waals surface area contributed by atoms with Crippen molar-refractivity contribution in [2.45, 2.75) is 220 Å². The summed E-state index contributed by atoms with van der Waals surface area (Å²) in [5, 5.41) is 22.8. The van der Waals surface area contributed by atoms with Crippen LogP contribution >= 0.6 is 0 Å². The molecule has 2 aliphatic rings. The number of benzene rings is 2. The summed E-state index contributed by atoms with van der Waals surface area (Å²) in [5.41, 5.74) is 1.32. The van der Waals surface area contributed by atoms with Gasteiger partial charge in [-0.05, 0) is 100 Å². The number of amides is 12. The molecule has 0 unspecified atom stereocenters. The van der Waals surface area contributed by atoms with Gasteiger partial charge in [-0.15, -0.1) is 0 Å². The van der Waals surface area contributed by atoms with Crippen molar-refractivity contribution in [2.24, 2.45) is 23.7 Å². The maximum Gasteiger partial charge on any atom is 0.248 e. The summed E-state index contributed by atoms with van der Waals surface area (Å²) in [6.45, 7) is 20.9.